The number of ether oxygens (including phenoxy) is 3. The van der Waals surface area contributed by atoms with Gasteiger partial charge in [-0.3, -0.25) is 0 Å². The topological polar surface area (TPSA) is 27.7 Å². The Bertz CT molecular complexity index is 597. The van der Waals surface area contributed by atoms with E-state index in [0.717, 1.165) is 25.2 Å². The summed E-state index contributed by atoms with van der Waals surface area (Å²) in [7, 11) is 0. The lowest BCUT2D eigenvalue weighted by molar-refractivity contribution is -0.106. The third-order valence-corrected chi connectivity index (χ3v) is 4.07. The van der Waals surface area contributed by atoms with Gasteiger partial charge in [-0.15, -0.1) is 0 Å². The normalized spacial score (nSPS) is 20.6. The molecule has 2 aromatic rings. The summed E-state index contributed by atoms with van der Waals surface area (Å²) in [5.41, 5.74) is 2.47. The Morgan fingerprint density at radius 1 is 1.04 bits per heavy atom. The molecule has 0 amide bonds. The van der Waals surface area contributed by atoms with Gasteiger partial charge in [-0.05, 0) is 42.5 Å². The second-order valence-corrected chi connectivity index (χ2v) is 5.95. The van der Waals surface area contributed by atoms with Crippen LogP contribution in [0.1, 0.15) is 24.5 Å². The van der Waals surface area contributed by atoms with Crippen LogP contribution in [-0.2, 0) is 22.5 Å². The van der Waals surface area contributed by atoms with Gasteiger partial charge in [0, 0.05) is 13.0 Å². The van der Waals surface area contributed by atoms with Crippen molar-refractivity contribution in [2.45, 2.75) is 32.7 Å². The monoisotopic (exact) mass is 312 g/mol. The smallest absolute Gasteiger partial charge is 0.157 e. The van der Waals surface area contributed by atoms with Gasteiger partial charge in [0.25, 0.3) is 0 Å². The second kappa shape index (κ2) is 8.14. The Morgan fingerprint density at radius 2 is 1.87 bits per heavy atom. The van der Waals surface area contributed by atoms with Crippen LogP contribution in [0.25, 0.3) is 0 Å². The minimum absolute atomic E-state index is 0.0255. The molecular weight excluding hydrogens is 288 g/mol. The standard InChI is InChI=1S/C20H24O3/c1-2-21-20-13-18(15-23-20)11-17-9-6-10-19(12-17)22-14-16-7-4-3-5-8-16/h3-10,12,18,20H,2,11,13-15H2,1H3. The Labute approximate surface area is 138 Å². The van der Waals surface area contributed by atoms with Crippen LogP contribution in [0.3, 0.4) is 0 Å². The minimum Gasteiger partial charge on any atom is -0.489 e. The molecule has 3 nitrogen and oxygen atoms in total. The molecule has 1 fully saturated rings. The van der Waals surface area contributed by atoms with E-state index in [0.29, 0.717) is 19.1 Å². The quantitative estimate of drug-likeness (QED) is 0.766. The molecular formula is C20H24O3. The summed E-state index contributed by atoms with van der Waals surface area (Å²) in [6, 6.07) is 18.6. The lowest BCUT2D eigenvalue weighted by atomic mass is 9.98. The lowest BCUT2D eigenvalue weighted by Crippen LogP contribution is -2.10. The molecule has 3 rings (SSSR count). The van der Waals surface area contributed by atoms with Gasteiger partial charge in [-0.25, -0.2) is 0 Å². The van der Waals surface area contributed by atoms with Crippen LogP contribution in [0, 0.1) is 5.92 Å². The van der Waals surface area contributed by atoms with E-state index in [4.69, 9.17) is 14.2 Å². The summed E-state index contributed by atoms with van der Waals surface area (Å²) in [6.07, 6.45) is 1.96. The molecule has 2 aromatic carbocycles. The SMILES string of the molecule is CCOC1CC(Cc2cccc(OCc3ccccc3)c2)CO1. The predicted molar refractivity (Wildman–Crippen MR) is 90.4 cm³/mol. The number of hydrogen-bond donors (Lipinski definition) is 0. The summed E-state index contributed by atoms with van der Waals surface area (Å²) in [4.78, 5) is 0. The zero-order valence-electron chi connectivity index (χ0n) is 13.6. The minimum atomic E-state index is -0.0255. The molecule has 1 aliphatic heterocycles. The van der Waals surface area contributed by atoms with Gasteiger partial charge in [0.15, 0.2) is 6.29 Å². The van der Waals surface area contributed by atoms with Gasteiger partial charge in [-0.1, -0.05) is 42.5 Å². The van der Waals surface area contributed by atoms with E-state index in [2.05, 4.69) is 30.3 Å². The first-order valence-corrected chi connectivity index (χ1v) is 8.32. The van der Waals surface area contributed by atoms with E-state index in [9.17, 15) is 0 Å². The van der Waals surface area contributed by atoms with Crippen molar-refractivity contribution >= 4 is 0 Å². The third kappa shape index (κ3) is 4.81. The molecule has 2 atom stereocenters. The molecule has 0 radical (unpaired) electrons. The Morgan fingerprint density at radius 3 is 2.70 bits per heavy atom. The number of benzene rings is 2. The second-order valence-electron chi connectivity index (χ2n) is 5.95. The maximum atomic E-state index is 5.90. The van der Waals surface area contributed by atoms with E-state index in [-0.39, 0.29) is 6.29 Å². The van der Waals surface area contributed by atoms with Crippen molar-refractivity contribution in [3.8, 4) is 5.75 Å². The molecule has 0 spiro atoms. The van der Waals surface area contributed by atoms with Crippen LogP contribution in [0.15, 0.2) is 54.6 Å². The van der Waals surface area contributed by atoms with Crippen molar-refractivity contribution in [1.82, 2.24) is 0 Å². The maximum absolute atomic E-state index is 5.90. The van der Waals surface area contributed by atoms with Gasteiger partial charge < -0.3 is 14.2 Å². The van der Waals surface area contributed by atoms with Crippen molar-refractivity contribution in [3.05, 3.63) is 65.7 Å². The predicted octanol–water partition coefficient (Wildman–Crippen LogP) is 4.21. The molecule has 0 bridgehead atoms. The zero-order valence-corrected chi connectivity index (χ0v) is 13.6. The van der Waals surface area contributed by atoms with Crippen LogP contribution in [0.4, 0.5) is 0 Å². The number of hydrogen-bond acceptors (Lipinski definition) is 3. The summed E-state index contributed by atoms with van der Waals surface area (Å²) in [6.45, 7) is 4.09. The van der Waals surface area contributed by atoms with Crippen LogP contribution in [0.2, 0.25) is 0 Å². The highest BCUT2D eigenvalue weighted by Crippen LogP contribution is 2.25. The molecule has 1 heterocycles. The van der Waals surface area contributed by atoms with Gasteiger partial charge in [0.05, 0.1) is 6.61 Å². The Hall–Kier alpha value is -1.84. The molecule has 1 saturated heterocycles. The summed E-state index contributed by atoms with van der Waals surface area (Å²) >= 11 is 0. The fourth-order valence-electron chi connectivity index (χ4n) is 2.93. The first-order valence-electron chi connectivity index (χ1n) is 8.32. The fourth-order valence-corrected chi connectivity index (χ4v) is 2.93. The van der Waals surface area contributed by atoms with Crippen molar-refractivity contribution in [2.75, 3.05) is 13.2 Å². The van der Waals surface area contributed by atoms with Gasteiger partial charge >= 0.3 is 0 Å². The maximum Gasteiger partial charge on any atom is 0.157 e. The van der Waals surface area contributed by atoms with E-state index >= 15 is 0 Å². The first kappa shape index (κ1) is 16.0. The molecule has 1 aliphatic rings. The van der Waals surface area contributed by atoms with E-state index in [1.165, 1.54) is 11.1 Å². The molecule has 122 valence electrons. The van der Waals surface area contributed by atoms with Crippen LogP contribution >= 0.6 is 0 Å². The number of rotatable bonds is 7. The van der Waals surface area contributed by atoms with Crippen LogP contribution in [-0.4, -0.2) is 19.5 Å². The molecule has 23 heavy (non-hydrogen) atoms. The molecule has 0 aliphatic carbocycles. The average molecular weight is 312 g/mol. The largest absolute Gasteiger partial charge is 0.489 e. The molecule has 0 saturated carbocycles. The Balaban J connectivity index is 1.53. The van der Waals surface area contributed by atoms with Gasteiger partial charge in [0.2, 0.25) is 0 Å². The highest BCUT2D eigenvalue weighted by atomic mass is 16.7. The van der Waals surface area contributed by atoms with E-state index < -0.39 is 0 Å². The lowest BCUT2D eigenvalue weighted by Gasteiger charge is -2.11. The summed E-state index contributed by atoms with van der Waals surface area (Å²) in [5, 5.41) is 0. The summed E-state index contributed by atoms with van der Waals surface area (Å²) in [5.74, 6) is 1.45. The van der Waals surface area contributed by atoms with Crippen molar-refractivity contribution in [2.24, 2.45) is 5.92 Å². The van der Waals surface area contributed by atoms with Crippen molar-refractivity contribution in [3.63, 3.8) is 0 Å². The average Bonchev–Trinajstić information content (AvgIpc) is 3.02. The Kier molecular flexibility index (Phi) is 5.67. The third-order valence-electron chi connectivity index (χ3n) is 4.07. The van der Waals surface area contributed by atoms with Crippen molar-refractivity contribution < 1.29 is 14.2 Å². The fraction of sp³-hybridized carbons (Fsp3) is 0.400. The van der Waals surface area contributed by atoms with Crippen LogP contribution < -0.4 is 4.74 Å². The molecule has 0 N–H and O–H groups in total. The first-order chi connectivity index (χ1) is 11.3. The zero-order chi connectivity index (χ0) is 15.9. The van der Waals surface area contributed by atoms with E-state index in [1.54, 1.807) is 0 Å². The van der Waals surface area contributed by atoms with Crippen molar-refractivity contribution in [1.29, 1.82) is 0 Å². The highest BCUT2D eigenvalue weighted by Gasteiger charge is 2.25. The molecule has 3 heteroatoms. The van der Waals surface area contributed by atoms with Gasteiger partial charge in [0.1, 0.15) is 12.4 Å². The highest BCUT2D eigenvalue weighted by molar-refractivity contribution is 5.29. The molecule has 0 aromatic heterocycles. The van der Waals surface area contributed by atoms with E-state index in [1.807, 2.05) is 31.2 Å². The van der Waals surface area contributed by atoms with Crippen LogP contribution in [0.5, 0.6) is 5.75 Å². The van der Waals surface area contributed by atoms with Gasteiger partial charge in [-0.2, -0.15) is 0 Å². The molecule has 2 unspecified atom stereocenters. The summed E-state index contributed by atoms with van der Waals surface area (Å²) < 4.78 is 17.1.